The highest BCUT2D eigenvalue weighted by Gasteiger charge is 2.22. The third-order valence-electron chi connectivity index (χ3n) is 3.39. The van der Waals surface area contributed by atoms with Crippen molar-refractivity contribution < 1.29 is 9.53 Å². The number of nitrogens with one attached hydrogen (secondary N) is 1. The van der Waals surface area contributed by atoms with E-state index in [0.717, 1.165) is 19.3 Å². The van der Waals surface area contributed by atoms with Crippen molar-refractivity contribution in [1.29, 1.82) is 0 Å². The highest BCUT2D eigenvalue weighted by molar-refractivity contribution is 6.43. The van der Waals surface area contributed by atoms with E-state index in [4.69, 9.17) is 39.5 Å². The summed E-state index contributed by atoms with van der Waals surface area (Å²) >= 11 is 17.7. The van der Waals surface area contributed by atoms with E-state index in [1.54, 1.807) is 0 Å². The lowest BCUT2D eigenvalue weighted by atomic mass is 10.1. The van der Waals surface area contributed by atoms with E-state index in [2.05, 4.69) is 12.2 Å². The van der Waals surface area contributed by atoms with Crippen LogP contribution in [0.25, 0.3) is 0 Å². The topological polar surface area (TPSA) is 38.3 Å². The average molecular weight is 337 g/mol. The minimum atomic E-state index is -0.147. The van der Waals surface area contributed by atoms with E-state index >= 15 is 0 Å². The third-order valence-corrected chi connectivity index (χ3v) is 4.41. The lowest BCUT2D eigenvalue weighted by molar-refractivity contribution is -0.123. The van der Waals surface area contributed by atoms with Crippen LogP contribution in [0.1, 0.15) is 26.2 Å². The second-order valence-corrected chi connectivity index (χ2v) is 6.39. The molecule has 1 fully saturated rings. The van der Waals surface area contributed by atoms with E-state index in [-0.39, 0.29) is 18.6 Å². The summed E-state index contributed by atoms with van der Waals surface area (Å²) in [6.07, 6.45) is 3.21. The molecule has 110 valence electrons. The number of carbonyl (C=O) groups excluding carboxylic acids is 1. The third kappa shape index (κ3) is 4.18. The van der Waals surface area contributed by atoms with Crippen molar-refractivity contribution in [3.63, 3.8) is 0 Å². The Hall–Kier alpha value is -0.640. The van der Waals surface area contributed by atoms with Gasteiger partial charge in [0.05, 0.1) is 15.1 Å². The molecule has 0 radical (unpaired) electrons. The Labute approximate surface area is 133 Å². The van der Waals surface area contributed by atoms with Crippen LogP contribution in [0.15, 0.2) is 12.1 Å². The number of ether oxygens (including phenoxy) is 1. The molecule has 6 heteroatoms. The number of halogens is 3. The lowest BCUT2D eigenvalue weighted by Gasteiger charge is -2.13. The molecule has 0 saturated heterocycles. The number of rotatable bonds is 4. The van der Waals surface area contributed by atoms with Crippen LogP contribution in [0.4, 0.5) is 0 Å². The Kier molecular flexibility index (Phi) is 5.42. The minimum absolute atomic E-state index is 0.0808. The molecular weight excluding hydrogens is 321 g/mol. The van der Waals surface area contributed by atoms with Gasteiger partial charge in [0.2, 0.25) is 0 Å². The fourth-order valence-corrected chi connectivity index (χ4v) is 2.96. The first-order valence-electron chi connectivity index (χ1n) is 6.52. The van der Waals surface area contributed by atoms with Gasteiger partial charge in [-0.3, -0.25) is 4.79 Å². The van der Waals surface area contributed by atoms with Crippen molar-refractivity contribution >= 4 is 40.7 Å². The van der Waals surface area contributed by atoms with Gasteiger partial charge in [0.1, 0.15) is 5.75 Å². The lowest BCUT2D eigenvalue weighted by Crippen LogP contribution is -2.36. The Balaban J connectivity index is 1.85. The van der Waals surface area contributed by atoms with Crippen molar-refractivity contribution in [3.05, 3.63) is 27.2 Å². The van der Waals surface area contributed by atoms with Gasteiger partial charge in [0, 0.05) is 12.1 Å². The van der Waals surface area contributed by atoms with Gasteiger partial charge in [-0.25, -0.2) is 0 Å². The Bertz CT molecular complexity index is 507. The van der Waals surface area contributed by atoms with Crippen LogP contribution in [-0.4, -0.2) is 18.6 Å². The molecule has 1 aliphatic rings. The molecule has 1 aromatic rings. The van der Waals surface area contributed by atoms with Crippen molar-refractivity contribution in [1.82, 2.24) is 5.32 Å². The van der Waals surface area contributed by atoms with Crippen LogP contribution < -0.4 is 10.1 Å². The molecule has 2 unspecified atom stereocenters. The monoisotopic (exact) mass is 335 g/mol. The van der Waals surface area contributed by atoms with Gasteiger partial charge in [0.15, 0.2) is 6.61 Å². The molecular formula is C14H16Cl3NO2. The Morgan fingerprint density at radius 3 is 2.60 bits per heavy atom. The van der Waals surface area contributed by atoms with Gasteiger partial charge >= 0.3 is 0 Å². The smallest absolute Gasteiger partial charge is 0.258 e. The Morgan fingerprint density at radius 1 is 1.25 bits per heavy atom. The first-order chi connectivity index (χ1) is 9.45. The first kappa shape index (κ1) is 15.7. The fraction of sp³-hybridized carbons (Fsp3) is 0.500. The molecule has 20 heavy (non-hydrogen) atoms. The number of amides is 1. The van der Waals surface area contributed by atoms with Crippen molar-refractivity contribution in [3.8, 4) is 5.75 Å². The quantitative estimate of drug-likeness (QED) is 0.831. The molecule has 1 saturated carbocycles. The zero-order chi connectivity index (χ0) is 14.7. The minimum Gasteiger partial charge on any atom is -0.482 e. The van der Waals surface area contributed by atoms with Gasteiger partial charge in [-0.15, -0.1) is 0 Å². The molecule has 2 rings (SSSR count). The van der Waals surface area contributed by atoms with Gasteiger partial charge in [-0.1, -0.05) is 41.7 Å². The number of hydrogen-bond donors (Lipinski definition) is 1. The van der Waals surface area contributed by atoms with Crippen LogP contribution in [-0.2, 0) is 4.79 Å². The maximum Gasteiger partial charge on any atom is 0.258 e. The van der Waals surface area contributed by atoms with Crippen LogP contribution >= 0.6 is 34.8 Å². The van der Waals surface area contributed by atoms with E-state index in [1.165, 1.54) is 12.1 Å². The molecule has 1 aliphatic carbocycles. The van der Waals surface area contributed by atoms with Gasteiger partial charge in [0.25, 0.3) is 5.91 Å². The number of hydrogen-bond acceptors (Lipinski definition) is 2. The largest absolute Gasteiger partial charge is 0.482 e. The number of benzene rings is 1. The molecule has 0 bridgehead atoms. The van der Waals surface area contributed by atoms with Gasteiger partial charge < -0.3 is 10.1 Å². The molecule has 3 nitrogen and oxygen atoms in total. The van der Waals surface area contributed by atoms with Gasteiger partial charge in [-0.2, -0.15) is 0 Å². The van der Waals surface area contributed by atoms with Crippen LogP contribution in [0.3, 0.4) is 0 Å². The summed E-state index contributed by atoms with van der Waals surface area (Å²) in [5.41, 5.74) is 0. The SMILES string of the molecule is CC1CCC(NC(=O)COc2cc(Cl)c(Cl)cc2Cl)C1. The molecule has 1 aromatic carbocycles. The normalized spacial score (nSPS) is 21.8. The van der Waals surface area contributed by atoms with E-state index in [9.17, 15) is 4.79 Å². The number of carbonyl (C=O) groups is 1. The average Bonchev–Trinajstić information content (AvgIpc) is 2.77. The fourth-order valence-electron chi connectivity index (χ4n) is 2.37. The van der Waals surface area contributed by atoms with E-state index < -0.39 is 0 Å². The standard InChI is InChI=1S/C14H16Cl3NO2/c1-8-2-3-9(4-8)18-14(19)7-20-13-6-11(16)10(15)5-12(13)17/h5-6,8-9H,2-4,7H2,1H3,(H,18,19). The van der Waals surface area contributed by atoms with Crippen LogP contribution in [0.2, 0.25) is 15.1 Å². The molecule has 1 N–H and O–H groups in total. The van der Waals surface area contributed by atoms with Crippen molar-refractivity contribution in [2.75, 3.05) is 6.61 Å². The first-order valence-corrected chi connectivity index (χ1v) is 7.66. The second-order valence-electron chi connectivity index (χ2n) is 5.17. The molecule has 1 amide bonds. The zero-order valence-corrected chi connectivity index (χ0v) is 13.4. The maximum atomic E-state index is 11.8. The highest BCUT2D eigenvalue weighted by Crippen LogP contribution is 2.33. The summed E-state index contributed by atoms with van der Waals surface area (Å²) in [4.78, 5) is 11.8. The summed E-state index contributed by atoms with van der Waals surface area (Å²) < 4.78 is 5.38. The second kappa shape index (κ2) is 6.88. The molecule has 0 aromatic heterocycles. The summed E-state index contributed by atoms with van der Waals surface area (Å²) in [6.45, 7) is 2.11. The predicted molar refractivity (Wildman–Crippen MR) is 81.9 cm³/mol. The zero-order valence-electron chi connectivity index (χ0n) is 11.1. The predicted octanol–water partition coefficient (Wildman–Crippen LogP) is 4.33. The molecule has 0 heterocycles. The van der Waals surface area contributed by atoms with E-state index in [0.29, 0.717) is 26.7 Å². The van der Waals surface area contributed by atoms with Crippen molar-refractivity contribution in [2.24, 2.45) is 5.92 Å². The molecule has 0 aliphatic heterocycles. The van der Waals surface area contributed by atoms with Crippen molar-refractivity contribution in [2.45, 2.75) is 32.2 Å². The highest BCUT2D eigenvalue weighted by atomic mass is 35.5. The van der Waals surface area contributed by atoms with Gasteiger partial charge in [-0.05, 0) is 31.2 Å². The van der Waals surface area contributed by atoms with E-state index in [1.807, 2.05) is 0 Å². The molecule has 0 spiro atoms. The van der Waals surface area contributed by atoms with Crippen LogP contribution in [0, 0.1) is 5.92 Å². The summed E-state index contributed by atoms with van der Waals surface area (Å²) in [6, 6.07) is 3.26. The van der Waals surface area contributed by atoms with Crippen LogP contribution in [0.5, 0.6) is 5.75 Å². The maximum absolute atomic E-state index is 11.8. The molecule has 2 atom stereocenters. The summed E-state index contributed by atoms with van der Waals surface area (Å²) in [5, 5.41) is 3.99. The summed E-state index contributed by atoms with van der Waals surface area (Å²) in [7, 11) is 0. The summed E-state index contributed by atoms with van der Waals surface area (Å²) in [5.74, 6) is 0.882. The Morgan fingerprint density at radius 2 is 1.95 bits per heavy atom.